The maximum Gasteiger partial charge on any atom is 0.213 e. The molecule has 0 amide bonds. The summed E-state index contributed by atoms with van der Waals surface area (Å²) in [6, 6.07) is 34.0. The van der Waals surface area contributed by atoms with Crippen LogP contribution in [-0.4, -0.2) is 55.0 Å². The van der Waals surface area contributed by atoms with E-state index in [1.165, 1.54) is 35.1 Å². The van der Waals surface area contributed by atoms with Crippen molar-refractivity contribution < 1.29 is 30.7 Å². The molecule has 51 heavy (non-hydrogen) atoms. The van der Waals surface area contributed by atoms with Gasteiger partial charge in [0.2, 0.25) is 16.6 Å². The molecule has 1 atom stereocenters. The molecule has 6 nitrogen and oxygen atoms in total. The predicted octanol–water partition coefficient (Wildman–Crippen LogP) is 10.4. The molecule has 0 N–H and O–H groups in total. The summed E-state index contributed by atoms with van der Waals surface area (Å²) in [7, 11) is -4.26. The van der Waals surface area contributed by atoms with Crippen LogP contribution >= 0.6 is 0 Å². The van der Waals surface area contributed by atoms with Crippen LogP contribution in [0.1, 0.15) is 65.6 Å². The Balaban J connectivity index is 0.00000314. The summed E-state index contributed by atoms with van der Waals surface area (Å²) < 4.78 is 36.5. The van der Waals surface area contributed by atoms with Gasteiger partial charge in [0.05, 0.1) is 13.2 Å². The molecule has 8 heteroatoms. The fourth-order valence-corrected chi connectivity index (χ4v) is 13.9. The normalized spacial score (nSPS) is 16.4. The highest BCUT2D eigenvalue weighted by Crippen LogP contribution is 2.36. The second kappa shape index (κ2) is 15.2. The third kappa shape index (κ3) is 10.3. The molecule has 0 aromatic heterocycles. The van der Waals surface area contributed by atoms with E-state index in [1.807, 2.05) is 12.1 Å². The average Bonchev–Trinajstić information content (AvgIpc) is 4.05. The number of rotatable bonds is 18. The summed E-state index contributed by atoms with van der Waals surface area (Å²) in [5.74, 6) is 4.31. The van der Waals surface area contributed by atoms with Crippen LogP contribution in [0.4, 0.5) is 0 Å². The molecule has 1 aliphatic heterocycles. The third-order valence-electron chi connectivity index (χ3n) is 10.1. The van der Waals surface area contributed by atoms with Gasteiger partial charge in [-0.25, -0.2) is 0 Å². The molecule has 0 spiro atoms. The van der Waals surface area contributed by atoms with Crippen molar-refractivity contribution in [2.75, 3.05) is 32.3 Å². The number of epoxide rings is 1. The lowest BCUT2D eigenvalue weighted by molar-refractivity contribution is 0.263. The topological polar surface area (TPSA) is 58.7 Å². The van der Waals surface area contributed by atoms with Gasteiger partial charge in [-0.1, -0.05) is 76.2 Å². The van der Waals surface area contributed by atoms with E-state index in [4.69, 9.17) is 27.8 Å². The molecule has 1 unspecified atom stereocenters. The van der Waals surface area contributed by atoms with E-state index in [-0.39, 0.29) is 19.8 Å². The van der Waals surface area contributed by atoms with Crippen LogP contribution in [0, 0.1) is 5.92 Å². The lowest BCUT2D eigenvalue weighted by Crippen LogP contribution is -2.51. The smallest absolute Gasteiger partial charge is 0.213 e. The average molecular weight is 729 g/mol. The summed E-state index contributed by atoms with van der Waals surface area (Å²) in [5.41, 5.74) is 4.68. The van der Waals surface area contributed by atoms with E-state index in [9.17, 15) is 0 Å². The Kier molecular flexibility index (Phi) is 11.1. The van der Waals surface area contributed by atoms with Gasteiger partial charge < -0.3 is 27.8 Å². The number of hydrogen-bond donors (Lipinski definition) is 0. The Morgan fingerprint density at radius 2 is 0.843 bits per heavy atom. The van der Waals surface area contributed by atoms with Gasteiger partial charge in [0.25, 0.3) is 0 Å². The number of benzene rings is 4. The maximum atomic E-state index is 6.83. The van der Waals surface area contributed by atoms with Crippen molar-refractivity contribution in [1.29, 1.82) is 0 Å². The maximum absolute atomic E-state index is 6.83. The van der Waals surface area contributed by atoms with Crippen molar-refractivity contribution >= 4 is 16.6 Å². The van der Waals surface area contributed by atoms with E-state index in [0.717, 1.165) is 42.1 Å². The van der Waals surface area contributed by atoms with Gasteiger partial charge in [-0.3, -0.25) is 0 Å². The molecule has 1 saturated carbocycles. The lowest BCUT2D eigenvalue weighted by Gasteiger charge is -2.33. The third-order valence-corrected chi connectivity index (χ3v) is 16.2. The second-order valence-electron chi connectivity index (χ2n) is 16.6. The van der Waals surface area contributed by atoms with E-state index in [2.05, 4.69) is 139 Å². The number of ether oxygens (including phenoxy) is 5. The molecule has 276 valence electrons. The summed E-state index contributed by atoms with van der Waals surface area (Å²) in [5, 5.41) is 0. The fraction of sp³-hybridized carbons (Fsp3) is 0.442. The quantitative estimate of drug-likeness (QED) is 0.0751. The van der Waals surface area contributed by atoms with Crippen LogP contribution in [0.25, 0.3) is 0 Å². The zero-order chi connectivity index (χ0) is 36.3. The van der Waals surface area contributed by atoms with E-state index in [0.29, 0.717) is 19.1 Å². The van der Waals surface area contributed by atoms with Gasteiger partial charge in [-0.15, -0.1) is 0 Å². The molecule has 0 radical (unpaired) electrons. The highest BCUT2D eigenvalue weighted by Gasteiger charge is 2.35. The van der Waals surface area contributed by atoms with Gasteiger partial charge in [0.15, 0.2) is 0 Å². The highest BCUT2D eigenvalue weighted by molar-refractivity contribution is 6.84. The monoisotopic (exact) mass is 728 g/mol. The Hall–Kier alpha value is -3.57. The Labute approximate surface area is 310 Å². The first-order chi connectivity index (χ1) is 24.2. The van der Waals surface area contributed by atoms with Crippen LogP contribution in [0.2, 0.25) is 26.2 Å². The van der Waals surface area contributed by atoms with E-state index < -0.39 is 16.6 Å². The first-order valence-corrected chi connectivity index (χ1v) is 24.7. The van der Waals surface area contributed by atoms with Gasteiger partial charge in [0.1, 0.15) is 48.2 Å². The van der Waals surface area contributed by atoms with Crippen LogP contribution in [0.3, 0.4) is 0 Å². The van der Waals surface area contributed by atoms with Gasteiger partial charge in [-0.05, 0) is 116 Å². The highest BCUT2D eigenvalue weighted by atomic mass is 28.4. The van der Waals surface area contributed by atoms with Crippen molar-refractivity contribution in [1.82, 2.24) is 0 Å². The molecule has 1 heterocycles. The first-order valence-electron chi connectivity index (χ1n) is 18.4. The van der Waals surface area contributed by atoms with Crippen molar-refractivity contribution in [3.8, 4) is 23.0 Å². The van der Waals surface area contributed by atoms with Crippen molar-refractivity contribution in [2.24, 2.45) is 5.92 Å². The fourth-order valence-electron chi connectivity index (χ4n) is 6.38. The molecule has 2 aliphatic rings. The van der Waals surface area contributed by atoms with E-state index in [1.54, 1.807) is 0 Å². The molecule has 2 fully saturated rings. The van der Waals surface area contributed by atoms with Crippen LogP contribution in [0.15, 0.2) is 97.1 Å². The van der Waals surface area contributed by atoms with Crippen molar-refractivity contribution in [2.45, 2.75) is 83.7 Å². The minimum absolute atomic E-state index is 0. The standard InChI is InChI=1S/C43H56O6Si2.2H2/c1-42(2,33-11-19-37(20-12-33)44-27-32-9-10-32)35-15-23-39(24-16-35)47-30-50(5,6)49-51(7,8)31-48-40-25-17-36(18-26-40)43(3,4)34-13-21-38(22-14-34)45-28-41-29-46-41;;/h11-26,32,41H,9-10,27-31H2,1-8H3;2*1H. The van der Waals surface area contributed by atoms with Gasteiger partial charge >= 0.3 is 0 Å². The second-order valence-corrected chi connectivity index (χ2v) is 25.0. The van der Waals surface area contributed by atoms with Crippen LogP contribution in [0.5, 0.6) is 23.0 Å². The zero-order valence-corrected chi connectivity index (χ0v) is 33.8. The first kappa shape index (κ1) is 37.2. The molecule has 4 aromatic carbocycles. The summed E-state index contributed by atoms with van der Waals surface area (Å²) >= 11 is 0. The largest absolute Gasteiger partial charge is 0.494 e. The summed E-state index contributed by atoms with van der Waals surface area (Å²) in [6.07, 6.45) is 4.02. The minimum Gasteiger partial charge on any atom is -0.494 e. The Morgan fingerprint density at radius 1 is 0.529 bits per heavy atom. The lowest BCUT2D eigenvalue weighted by atomic mass is 9.78. The molecular formula is C43H60O6Si2. The number of hydrogen-bond acceptors (Lipinski definition) is 6. The zero-order valence-electron chi connectivity index (χ0n) is 31.8. The molecule has 6 rings (SSSR count). The minimum atomic E-state index is -2.13. The molecule has 1 aliphatic carbocycles. The van der Waals surface area contributed by atoms with Crippen molar-refractivity contribution in [3.63, 3.8) is 0 Å². The SMILES string of the molecule is CC(C)(c1ccc(OCC2CC2)cc1)c1ccc(OC[Si](C)(C)O[Si](C)(C)COc2ccc(C(C)(C)c3ccc(OCC4CO4)cc3)cc2)cc1.[HH].[HH]. The van der Waals surface area contributed by atoms with Crippen LogP contribution < -0.4 is 18.9 Å². The van der Waals surface area contributed by atoms with Crippen molar-refractivity contribution in [3.05, 3.63) is 119 Å². The van der Waals surface area contributed by atoms with Gasteiger partial charge in [0, 0.05) is 13.7 Å². The Bertz CT molecular complexity index is 1590. The Morgan fingerprint density at radius 3 is 1.16 bits per heavy atom. The van der Waals surface area contributed by atoms with Crippen LogP contribution in [-0.2, 0) is 19.7 Å². The molecule has 0 bridgehead atoms. The van der Waals surface area contributed by atoms with E-state index >= 15 is 0 Å². The molecular weight excluding hydrogens is 669 g/mol. The predicted molar refractivity (Wildman–Crippen MR) is 215 cm³/mol. The molecule has 1 saturated heterocycles. The summed E-state index contributed by atoms with van der Waals surface area (Å²) in [6.45, 7) is 20.2. The summed E-state index contributed by atoms with van der Waals surface area (Å²) in [4.78, 5) is 0. The molecule has 4 aromatic rings. The van der Waals surface area contributed by atoms with Gasteiger partial charge in [-0.2, -0.15) is 0 Å².